The molecular formula is C15H18N6S. The third kappa shape index (κ3) is 2.31. The molecule has 1 aliphatic heterocycles. The van der Waals surface area contributed by atoms with Crippen LogP contribution in [0.15, 0.2) is 24.0 Å². The summed E-state index contributed by atoms with van der Waals surface area (Å²) in [6, 6.07) is 2.45. The molecule has 1 saturated heterocycles. The zero-order chi connectivity index (χ0) is 15.1. The second kappa shape index (κ2) is 5.24. The Kier molecular flexibility index (Phi) is 3.22. The van der Waals surface area contributed by atoms with Crippen LogP contribution in [0.5, 0.6) is 0 Å². The maximum absolute atomic E-state index is 4.48. The van der Waals surface area contributed by atoms with Gasteiger partial charge in [-0.1, -0.05) is 0 Å². The lowest BCUT2D eigenvalue weighted by atomic mass is 10.2. The van der Waals surface area contributed by atoms with Gasteiger partial charge in [0.2, 0.25) is 0 Å². The quantitative estimate of drug-likeness (QED) is 0.804. The minimum Gasteiger partial charge on any atom is -0.365 e. The average Bonchev–Trinajstić information content (AvgIpc) is 3.21. The van der Waals surface area contributed by atoms with Crippen molar-refractivity contribution in [2.45, 2.75) is 19.4 Å². The van der Waals surface area contributed by atoms with Gasteiger partial charge in [0.05, 0.1) is 5.39 Å². The minimum atomic E-state index is 0.388. The third-order valence-corrected chi connectivity index (χ3v) is 5.11. The zero-order valence-electron chi connectivity index (χ0n) is 12.7. The molecular weight excluding hydrogens is 296 g/mol. The van der Waals surface area contributed by atoms with Crippen molar-refractivity contribution in [1.29, 1.82) is 0 Å². The fraction of sp³-hybridized carbons (Fsp3) is 0.400. The first-order valence-electron chi connectivity index (χ1n) is 7.40. The summed E-state index contributed by atoms with van der Waals surface area (Å²) in [6.07, 6.45) is 4.72. The molecule has 6 nitrogen and oxygen atoms in total. The van der Waals surface area contributed by atoms with E-state index in [9.17, 15) is 0 Å². The van der Waals surface area contributed by atoms with Gasteiger partial charge in [-0.3, -0.25) is 4.68 Å². The summed E-state index contributed by atoms with van der Waals surface area (Å²) in [5.74, 6) is 2.00. The van der Waals surface area contributed by atoms with Gasteiger partial charge in [0.1, 0.15) is 17.0 Å². The molecule has 1 atom stereocenters. The summed E-state index contributed by atoms with van der Waals surface area (Å²) in [6.45, 7) is 4.08. The zero-order valence-corrected chi connectivity index (χ0v) is 13.5. The Bertz CT molecular complexity index is 807. The van der Waals surface area contributed by atoms with E-state index in [2.05, 4.69) is 43.7 Å². The number of aromatic nitrogens is 4. The van der Waals surface area contributed by atoms with Crippen molar-refractivity contribution < 1.29 is 0 Å². The van der Waals surface area contributed by atoms with Crippen molar-refractivity contribution in [3.63, 3.8) is 0 Å². The lowest BCUT2D eigenvalue weighted by Gasteiger charge is -2.17. The molecule has 1 N–H and O–H groups in total. The van der Waals surface area contributed by atoms with Crippen LogP contribution in [0.1, 0.15) is 12.0 Å². The summed E-state index contributed by atoms with van der Waals surface area (Å²) in [7, 11) is 1.95. The highest BCUT2D eigenvalue weighted by molar-refractivity contribution is 7.17. The number of thiophene rings is 1. The Morgan fingerprint density at radius 3 is 3.09 bits per heavy atom. The van der Waals surface area contributed by atoms with Gasteiger partial charge in [-0.05, 0) is 24.3 Å². The molecule has 3 aromatic heterocycles. The number of anilines is 2. The number of rotatable bonds is 3. The van der Waals surface area contributed by atoms with E-state index in [1.165, 1.54) is 5.56 Å². The summed E-state index contributed by atoms with van der Waals surface area (Å²) in [4.78, 5) is 12.2. The monoisotopic (exact) mass is 314 g/mol. The molecule has 1 fully saturated rings. The van der Waals surface area contributed by atoms with Crippen LogP contribution < -0.4 is 10.2 Å². The lowest BCUT2D eigenvalue weighted by molar-refractivity contribution is 0.752. The number of hydrogen-bond donors (Lipinski definition) is 1. The second-order valence-electron chi connectivity index (χ2n) is 5.74. The third-order valence-electron chi connectivity index (χ3n) is 4.11. The van der Waals surface area contributed by atoms with Gasteiger partial charge < -0.3 is 10.2 Å². The Balaban J connectivity index is 1.53. The molecule has 0 amide bonds. The summed E-state index contributed by atoms with van der Waals surface area (Å²) in [5, 5.41) is 11.4. The first-order valence-corrected chi connectivity index (χ1v) is 8.28. The van der Waals surface area contributed by atoms with Gasteiger partial charge in [-0.15, -0.1) is 11.3 Å². The predicted octanol–water partition coefficient (Wildman–Crippen LogP) is 2.42. The molecule has 7 heteroatoms. The SMILES string of the molecule is Cc1csc2ncnc(NC3CCN(c4ccn(C)n4)C3)c12. The largest absolute Gasteiger partial charge is 0.365 e. The maximum atomic E-state index is 4.48. The van der Waals surface area contributed by atoms with Gasteiger partial charge >= 0.3 is 0 Å². The van der Waals surface area contributed by atoms with Crippen LogP contribution in [0.3, 0.4) is 0 Å². The highest BCUT2D eigenvalue weighted by Gasteiger charge is 2.25. The standard InChI is InChI=1S/C15H18N6S/c1-10-8-22-15-13(10)14(16-9-17-15)18-11-3-6-21(7-11)12-4-5-20(2)19-12/h4-5,8-9,11H,3,6-7H2,1-2H3,(H,16,17,18). The van der Waals surface area contributed by atoms with E-state index in [4.69, 9.17) is 0 Å². The molecule has 3 aromatic rings. The van der Waals surface area contributed by atoms with Crippen molar-refractivity contribution in [1.82, 2.24) is 19.7 Å². The van der Waals surface area contributed by atoms with Crippen LogP contribution in [-0.2, 0) is 7.05 Å². The fourth-order valence-corrected chi connectivity index (χ4v) is 3.87. The van der Waals surface area contributed by atoms with Gasteiger partial charge in [0.15, 0.2) is 5.82 Å². The first kappa shape index (κ1) is 13.5. The van der Waals surface area contributed by atoms with Crippen LogP contribution in [0.25, 0.3) is 10.2 Å². The van der Waals surface area contributed by atoms with E-state index in [1.54, 1.807) is 17.7 Å². The number of aryl methyl sites for hydroxylation is 2. The van der Waals surface area contributed by atoms with Crippen molar-refractivity contribution in [3.8, 4) is 0 Å². The Morgan fingerprint density at radius 1 is 1.36 bits per heavy atom. The van der Waals surface area contributed by atoms with E-state index in [0.29, 0.717) is 6.04 Å². The van der Waals surface area contributed by atoms with Crippen LogP contribution in [0, 0.1) is 6.92 Å². The molecule has 22 heavy (non-hydrogen) atoms. The highest BCUT2D eigenvalue weighted by Crippen LogP contribution is 2.30. The van der Waals surface area contributed by atoms with Gasteiger partial charge in [0, 0.05) is 38.4 Å². The van der Waals surface area contributed by atoms with Gasteiger partial charge in [-0.25, -0.2) is 9.97 Å². The summed E-state index contributed by atoms with van der Waals surface area (Å²) in [5.41, 5.74) is 1.24. The van der Waals surface area contributed by atoms with Crippen molar-refractivity contribution in [2.75, 3.05) is 23.3 Å². The normalized spacial score (nSPS) is 18.3. The molecule has 0 saturated carbocycles. The van der Waals surface area contributed by atoms with Crippen LogP contribution in [0.4, 0.5) is 11.6 Å². The fourth-order valence-electron chi connectivity index (χ4n) is 2.98. The van der Waals surface area contributed by atoms with Crippen LogP contribution in [-0.4, -0.2) is 38.9 Å². The van der Waals surface area contributed by atoms with Crippen LogP contribution in [0.2, 0.25) is 0 Å². The van der Waals surface area contributed by atoms with Crippen molar-refractivity contribution in [3.05, 3.63) is 29.5 Å². The topological polar surface area (TPSA) is 58.9 Å². The first-order chi connectivity index (χ1) is 10.7. The molecule has 1 unspecified atom stereocenters. The summed E-state index contributed by atoms with van der Waals surface area (Å²) < 4.78 is 1.85. The lowest BCUT2D eigenvalue weighted by Crippen LogP contribution is -2.26. The van der Waals surface area contributed by atoms with Crippen LogP contribution >= 0.6 is 11.3 Å². The number of hydrogen-bond acceptors (Lipinski definition) is 6. The molecule has 4 heterocycles. The molecule has 1 aliphatic rings. The Morgan fingerprint density at radius 2 is 2.27 bits per heavy atom. The molecule has 0 bridgehead atoms. The van der Waals surface area contributed by atoms with Gasteiger partial charge in [0.25, 0.3) is 0 Å². The Hall–Kier alpha value is -2.15. The number of nitrogens with one attached hydrogen (secondary N) is 1. The molecule has 4 rings (SSSR count). The van der Waals surface area contributed by atoms with E-state index < -0.39 is 0 Å². The minimum absolute atomic E-state index is 0.388. The van der Waals surface area contributed by atoms with E-state index in [1.807, 2.05) is 17.9 Å². The predicted molar refractivity (Wildman–Crippen MR) is 89.6 cm³/mol. The highest BCUT2D eigenvalue weighted by atomic mass is 32.1. The average molecular weight is 314 g/mol. The number of nitrogens with zero attached hydrogens (tertiary/aromatic N) is 5. The molecule has 0 aliphatic carbocycles. The van der Waals surface area contributed by atoms with Crippen molar-refractivity contribution >= 4 is 33.2 Å². The molecule has 0 spiro atoms. The number of fused-ring (bicyclic) bond motifs is 1. The van der Waals surface area contributed by atoms with Gasteiger partial charge in [-0.2, -0.15) is 5.10 Å². The molecule has 0 aromatic carbocycles. The maximum Gasteiger partial charge on any atom is 0.150 e. The van der Waals surface area contributed by atoms with E-state index in [0.717, 1.165) is 41.4 Å². The molecule has 0 radical (unpaired) electrons. The van der Waals surface area contributed by atoms with Crippen molar-refractivity contribution in [2.24, 2.45) is 7.05 Å². The molecule has 114 valence electrons. The smallest absolute Gasteiger partial charge is 0.150 e. The summed E-state index contributed by atoms with van der Waals surface area (Å²) >= 11 is 1.67. The Labute approximate surface area is 132 Å². The van der Waals surface area contributed by atoms with E-state index >= 15 is 0 Å². The van der Waals surface area contributed by atoms with E-state index in [-0.39, 0.29) is 0 Å². The second-order valence-corrected chi connectivity index (χ2v) is 6.60.